The van der Waals surface area contributed by atoms with Crippen molar-refractivity contribution < 1.29 is 0 Å². The second-order valence-corrected chi connectivity index (χ2v) is 6.12. The van der Waals surface area contributed by atoms with Crippen molar-refractivity contribution in [2.45, 2.75) is 45.6 Å². The first-order chi connectivity index (χ1) is 8.67. The van der Waals surface area contributed by atoms with Crippen molar-refractivity contribution in [1.29, 1.82) is 0 Å². The zero-order valence-corrected chi connectivity index (χ0v) is 13.0. The van der Waals surface area contributed by atoms with Gasteiger partial charge in [0.05, 0.1) is 0 Å². The Labute approximate surface area is 117 Å². The molecule has 0 radical (unpaired) electrons. The molecule has 0 amide bonds. The van der Waals surface area contributed by atoms with Crippen molar-refractivity contribution in [2.24, 2.45) is 0 Å². The van der Waals surface area contributed by atoms with Gasteiger partial charge in [0, 0.05) is 6.04 Å². The Hall–Kier alpha value is -0.470. The molecule has 1 atom stereocenters. The van der Waals surface area contributed by atoms with E-state index in [1.165, 1.54) is 23.3 Å². The van der Waals surface area contributed by atoms with Crippen LogP contribution in [0.15, 0.2) is 24.3 Å². The lowest BCUT2D eigenvalue weighted by Gasteiger charge is -2.18. The third kappa shape index (κ3) is 5.45. The fourth-order valence-electron chi connectivity index (χ4n) is 2.15. The summed E-state index contributed by atoms with van der Waals surface area (Å²) >= 11 is 1.93. The smallest absolute Gasteiger partial charge is 0.0115 e. The minimum Gasteiger partial charge on any atom is -0.314 e. The summed E-state index contributed by atoms with van der Waals surface area (Å²) in [6, 6.07) is 9.75. The molecule has 1 rings (SSSR count). The molecule has 1 nitrogen and oxygen atoms in total. The van der Waals surface area contributed by atoms with Gasteiger partial charge in [0.25, 0.3) is 0 Å². The van der Waals surface area contributed by atoms with E-state index in [2.05, 4.69) is 56.6 Å². The van der Waals surface area contributed by atoms with Gasteiger partial charge in [-0.1, -0.05) is 45.0 Å². The highest BCUT2D eigenvalue weighted by Crippen LogP contribution is 2.16. The van der Waals surface area contributed by atoms with Crippen molar-refractivity contribution in [3.05, 3.63) is 35.4 Å². The molecule has 0 aliphatic rings. The SMILES string of the molecule is CCNC(CCSC)Cc1ccc(C(C)C)cc1. The highest BCUT2D eigenvalue weighted by molar-refractivity contribution is 7.98. The third-order valence-corrected chi connectivity index (χ3v) is 3.94. The summed E-state index contributed by atoms with van der Waals surface area (Å²) in [7, 11) is 0. The summed E-state index contributed by atoms with van der Waals surface area (Å²) in [5.41, 5.74) is 2.88. The summed E-state index contributed by atoms with van der Waals surface area (Å²) in [6.45, 7) is 7.74. The maximum Gasteiger partial charge on any atom is 0.0115 e. The maximum absolute atomic E-state index is 3.59. The molecule has 0 saturated heterocycles. The highest BCUT2D eigenvalue weighted by Gasteiger charge is 2.08. The summed E-state index contributed by atoms with van der Waals surface area (Å²) in [4.78, 5) is 0. The lowest BCUT2D eigenvalue weighted by atomic mass is 9.98. The van der Waals surface area contributed by atoms with Gasteiger partial charge < -0.3 is 5.32 Å². The molecule has 1 aromatic rings. The lowest BCUT2D eigenvalue weighted by molar-refractivity contribution is 0.513. The van der Waals surface area contributed by atoms with Crippen LogP contribution < -0.4 is 5.32 Å². The largest absolute Gasteiger partial charge is 0.314 e. The van der Waals surface area contributed by atoms with E-state index in [9.17, 15) is 0 Å². The average molecular weight is 265 g/mol. The number of likely N-dealkylation sites (N-methyl/N-ethyl adjacent to an activating group) is 1. The topological polar surface area (TPSA) is 12.0 Å². The van der Waals surface area contributed by atoms with Gasteiger partial charge in [0.15, 0.2) is 0 Å². The van der Waals surface area contributed by atoms with E-state index in [0.717, 1.165) is 13.0 Å². The summed E-state index contributed by atoms with van der Waals surface area (Å²) < 4.78 is 0. The molecule has 1 aromatic carbocycles. The Morgan fingerprint density at radius 1 is 1.17 bits per heavy atom. The van der Waals surface area contributed by atoms with E-state index in [4.69, 9.17) is 0 Å². The molecule has 0 bridgehead atoms. The van der Waals surface area contributed by atoms with Crippen molar-refractivity contribution in [3.8, 4) is 0 Å². The van der Waals surface area contributed by atoms with Crippen molar-refractivity contribution in [1.82, 2.24) is 5.32 Å². The van der Waals surface area contributed by atoms with Crippen LogP contribution in [0, 0.1) is 0 Å². The Balaban J connectivity index is 2.56. The van der Waals surface area contributed by atoms with E-state index < -0.39 is 0 Å². The monoisotopic (exact) mass is 265 g/mol. The first kappa shape index (κ1) is 15.6. The first-order valence-corrected chi connectivity index (χ1v) is 8.37. The van der Waals surface area contributed by atoms with Gasteiger partial charge in [-0.05, 0) is 48.4 Å². The lowest BCUT2D eigenvalue weighted by Crippen LogP contribution is -2.31. The number of benzene rings is 1. The Morgan fingerprint density at radius 2 is 1.83 bits per heavy atom. The molecule has 102 valence electrons. The predicted molar refractivity (Wildman–Crippen MR) is 84.7 cm³/mol. The molecule has 0 aliphatic heterocycles. The summed E-state index contributed by atoms with van der Waals surface area (Å²) in [5, 5.41) is 3.59. The highest BCUT2D eigenvalue weighted by atomic mass is 32.2. The van der Waals surface area contributed by atoms with E-state index in [-0.39, 0.29) is 0 Å². The third-order valence-electron chi connectivity index (χ3n) is 3.29. The van der Waals surface area contributed by atoms with Crippen LogP contribution in [-0.4, -0.2) is 24.6 Å². The van der Waals surface area contributed by atoms with Crippen molar-refractivity contribution in [2.75, 3.05) is 18.6 Å². The van der Waals surface area contributed by atoms with E-state index in [1.54, 1.807) is 0 Å². The zero-order chi connectivity index (χ0) is 13.4. The van der Waals surface area contributed by atoms with E-state index >= 15 is 0 Å². The first-order valence-electron chi connectivity index (χ1n) is 6.98. The second kappa shape index (κ2) is 8.60. The quantitative estimate of drug-likeness (QED) is 0.760. The van der Waals surface area contributed by atoms with Gasteiger partial charge in [-0.3, -0.25) is 0 Å². The standard InChI is InChI=1S/C16H27NS/c1-5-17-16(10-11-18-4)12-14-6-8-15(9-7-14)13(2)3/h6-9,13,16-17H,5,10-12H2,1-4H3. The van der Waals surface area contributed by atoms with Gasteiger partial charge in [0.2, 0.25) is 0 Å². The van der Waals surface area contributed by atoms with Gasteiger partial charge in [-0.25, -0.2) is 0 Å². The van der Waals surface area contributed by atoms with Crippen LogP contribution in [0.4, 0.5) is 0 Å². The molecule has 1 N–H and O–H groups in total. The predicted octanol–water partition coefficient (Wildman–Crippen LogP) is 4.08. The summed E-state index contributed by atoms with van der Waals surface area (Å²) in [5.74, 6) is 1.86. The van der Waals surface area contributed by atoms with Crippen molar-refractivity contribution in [3.63, 3.8) is 0 Å². The number of hydrogen-bond acceptors (Lipinski definition) is 2. The molecule has 0 aliphatic carbocycles. The van der Waals surface area contributed by atoms with Crippen LogP contribution in [0.5, 0.6) is 0 Å². The summed E-state index contributed by atoms with van der Waals surface area (Å²) in [6.07, 6.45) is 4.58. The second-order valence-electron chi connectivity index (χ2n) is 5.14. The zero-order valence-electron chi connectivity index (χ0n) is 12.2. The van der Waals surface area contributed by atoms with Crippen molar-refractivity contribution >= 4 is 11.8 Å². The fourth-order valence-corrected chi connectivity index (χ4v) is 2.67. The van der Waals surface area contributed by atoms with Crippen LogP contribution in [-0.2, 0) is 6.42 Å². The van der Waals surface area contributed by atoms with Crippen LogP contribution in [0.1, 0.15) is 44.2 Å². The molecule has 0 heterocycles. The molecule has 2 heteroatoms. The fraction of sp³-hybridized carbons (Fsp3) is 0.625. The molecular formula is C16H27NS. The van der Waals surface area contributed by atoms with Crippen LogP contribution in [0.3, 0.4) is 0 Å². The minimum absolute atomic E-state index is 0.618. The molecule has 1 unspecified atom stereocenters. The van der Waals surface area contributed by atoms with Crippen LogP contribution >= 0.6 is 11.8 Å². The van der Waals surface area contributed by atoms with Gasteiger partial charge in [-0.2, -0.15) is 11.8 Å². The molecule has 0 spiro atoms. The molecule has 18 heavy (non-hydrogen) atoms. The average Bonchev–Trinajstić information content (AvgIpc) is 2.37. The normalized spacial score (nSPS) is 12.9. The van der Waals surface area contributed by atoms with E-state index in [0.29, 0.717) is 12.0 Å². The van der Waals surface area contributed by atoms with Crippen LogP contribution in [0.2, 0.25) is 0 Å². The van der Waals surface area contributed by atoms with E-state index in [1.807, 2.05) is 11.8 Å². The maximum atomic E-state index is 3.59. The van der Waals surface area contributed by atoms with Gasteiger partial charge in [0.1, 0.15) is 0 Å². The molecule has 0 fully saturated rings. The van der Waals surface area contributed by atoms with Crippen LogP contribution in [0.25, 0.3) is 0 Å². The molecule has 0 saturated carbocycles. The molecular weight excluding hydrogens is 238 g/mol. The molecule has 0 aromatic heterocycles. The number of thioether (sulfide) groups is 1. The number of hydrogen-bond donors (Lipinski definition) is 1. The minimum atomic E-state index is 0.618. The Kier molecular flexibility index (Phi) is 7.45. The Morgan fingerprint density at radius 3 is 2.33 bits per heavy atom. The van der Waals surface area contributed by atoms with Gasteiger partial charge >= 0.3 is 0 Å². The number of rotatable bonds is 8. The van der Waals surface area contributed by atoms with Gasteiger partial charge in [-0.15, -0.1) is 0 Å². The number of nitrogens with one attached hydrogen (secondary N) is 1. The Bertz CT molecular complexity index is 318.